The Kier molecular flexibility index (Phi) is 4.70. The number of anilines is 1. The van der Waals surface area contributed by atoms with Gasteiger partial charge >= 0.3 is 0 Å². The molecular weight excluding hydrogens is 361 g/mol. The molecule has 0 radical (unpaired) electrons. The Labute approximate surface area is 162 Å². The Morgan fingerprint density at radius 1 is 1.18 bits per heavy atom. The molecule has 0 bridgehead atoms. The molecule has 1 N–H and O–H groups in total. The van der Waals surface area contributed by atoms with Gasteiger partial charge in [0.2, 0.25) is 11.9 Å². The highest BCUT2D eigenvalue weighted by molar-refractivity contribution is 5.94. The molecule has 0 unspecified atom stereocenters. The average molecular weight is 383 g/mol. The largest absolute Gasteiger partial charge is 0.357 e. The molecule has 2 aliphatic rings. The predicted molar refractivity (Wildman–Crippen MR) is 101 cm³/mol. The Hall–Kier alpha value is -3.03. The van der Waals surface area contributed by atoms with Gasteiger partial charge in [0, 0.05) is 57.8 Å². The summed E-state index contributed by atoms with van der Waals surface area (Å²) in [5.74, 6) is 0.225. The molecule has 3 atom stereocenters. The van der Waals surface area contributed by atoms with Crippen molar-refractivity contribution in [1.29, 1.82) is 0 Å². The van der Waals surface area contributed by atoms with Crippen LogP contribution in [-0.4, -0.2) is 58.3 Å². The van der Waals surface area contributed by atoms with E-state index in [-0.39, 0.29) is 35.5 Å². The van der Waals surface area contributed by atoms with Gasteiger partial charge in [-0.25, -0.2) is 14.4 Å². The summed E-state index contributed by atoms with van der Waals surface area (Å²) in [5.41, 5.74) is 1.21. The normalized spacial score (nSPS) is 23.6. The van der Waals surface area contributed by atoms with E-state index in [1.165, 1.54) is 31.5 Å². The highest BCUT2D eigenvalue weighted by Crippen LogP contribution is 2.45. The molecule has 146 valence electrons. The number of carbonyl (C=O) groups is 2. The van der Waals surface area contributed by atoms with Crippen LogP contribution in [0, 0.1) is 17.7 Å². The smallest absolute Gasteiger partial charge is 0.257 e. The SMILES string of the molecule is CNc1ncc(C(=O)N2C[C@@H]3CN(C(C)=O)[C@H](c4cccc(F)c4)[C@@H]3C2)cn1. The van der Waals surface area contributed by atoms with Crippen molar-refractivity contribution in [1.82, 2.24) is 19.8 Å². The van der Waals surface area contributed by atoms with E-state index in [0.717, 1.165) is 5.56 Å². The van der Waals surface area contributed by atoms with Gasteiger partial charge in [0.15, 0.2) is 0 Å². The van der Waals surface area contributed by atoms with Crippen LogP contribution in [0.5, 0.6) is 0 Å². The molecule has 4 rings (SSSR count). The van der Waals surface area contributed by atoms with E-state index in [1.54, 1.807) is 22.9 Å². The highest BCUT2D eigenvalue weighted by Gasteiger charge is 2.49. The molecule has 1 aromatic heterocycles. The third kappa shape index (κ3) is 3.19. The number of carbonyl (C=O) groups excluding carboxylic acids is 2. The first kappa shape index (κ1) is 18.3. The molecule has 0 spiro atoms. The summed E-state index contributed by atoms with van der Waals surface area (Å²) >= 11 is 0. The zero-order valence-electron chi connectivity index (χ0n) is 15.8. The van der Waals surface area contributed by atoms with E-state index in [2.05, 4.69) is 15.3 Å². The summed E-state index contributed by atoms with van der Waals surface area (Å²) in [7, 11) is 1.71. The lowest BCUT2D eigenvalue weighted by Gasteiger charge is -2.29. The van der Waals surface area contributed by atoms with Crippen molar-refractivity contribution >= 4 is 17.8 Å². The molecule has 0 saturated carbocycles. The molecule has 2 fully saturated rings. The minimum Gasteiger partial charge on any atom is -0.357 e. The van der Waals surface area contributed by atoms with Crippen LogP contribution in [0.15, 0.2) is 36.7 Å². The van der Waals surface area contributed by atoms with Crippen molar-refractivity contribution in [2.45, 2.75) is 13.0 Å². The van der Waals surface area contributed by atoms with Gasteiger partial charge in [0.05, 0.1) is 11.6 Å². The van der Waals surface area contributed by atoms with Gasteiger partial charge in [0.25, 0.3) is 5.91 Å². The quantitative estimate of drug-likeness (QED) is 0.877. The zero-order valence-corrected chi connectivity index (χ0v) is 15.8. The molecule has 3 heterocycles. The molecule has 0 aliphatic carbocycles. The molecule has 2 aromatic rings. The van der Waals surface area contributed by atoms with Crippen LogP contribution < -0.4 is 5.32 Å². The standard InChI is InChI=1S/C20H22FN5O2/c1-12(27)26-10-15-9-25(19(28)14-7-23-20(22-2)24-8-14)11-17(15)18(26)13-4-3-5-16(21)6-13/h3-8,15,17-18H,9-11H2,1-2H3,(H,22,23,24)/t15-,17-,18-/m1/s1. The fraction of sp³-hybridized carbons (Fsp3) is 0.400. The zero-order chi connectivity index (χ0) is 19.8. The molecule has 2 amide bonds. The van der Waals surface area contributed by atoms with Crippen molar-refractivity contribution in [3.05, 3.63) is 53.6 Å². The van der Waals surface area contributed by atoms with Gasteiger partial charge in [-0.05, 0) is 17.7 Å². The van der Waals surface area contributed by atoms with E-state index < -0.39 is 0 Å². The van der Waals surface area contributed by atoms with E-state index in [1.807, 2.05) is 6.07 Å². The summed E-state index contributed by atoms with van der Waals surface area (Å²) < 4.78 is 13.8. The summed E-state index contributed by atoms with van der Waals surface area (Å²) in [6.45, 7) is 3.19. The van der Waals surface area contributed by atoms with Gasteiger partial charge in [-0.15, -0.1) is 0 Å². The first-order valence-electron chi connectivity index (χ1n) is 9.29. The number of hydrogen-bond donors (Lipinski definition) is 1. The number of amides is 2. The number of fused-ring (bicyclic) bond motifs is 1. The number of benzene rings is 1. The lowest BCUT2D eigenvalue weighted by Crippen LogP contribution is -2.36. The summed E-state index contributed by atoms with van der Waals surface area (Å²) in [5, 5.41) is 2.82. The maximum atomic E-state index is 13.8. The summed E-state index contributed by atoms with van der Waals surface area (Å²) in [6, 6.07) is 6.17. The average Bonchev–Trinajstić information content (AvgIpc) is 3.25. The minimum atomic E-state index is -0.322. The second kappa shape index (κ2) is 7.18. The number of halogens is 1. The molecule has 7 nitrogen and oxygen atoms in total. The minimum absolute atomic E-state index is 0.0300. The number of rotatable bonds is 3. The van der Waals surface area contributed by atoms with Crippen LogP contribution in [0.1, 0.15) is 28.9 Å². The number of likely N-dealkylation sites (tertiary alicyclic amines) is 2. The molecule has 1 aromatic carbocycles. The highest BCUT2D eigenvalue weighted by atomic mass is 19.1. The van der Waals surface area contributed by atoms with Crippen molar-refractivity contribution in [2.75, 3.05) is 32.0 Å². The number of aromatic nitrogens is 2. The van der Waals surface area contributed by atoms with E-state index >= 15 is 0 Å². The molecule has 2 saturated heterocycles. The van der Waals surface area contributed by atoms with Crippen LogP contribution in [-0.2, 0) is 4.79 Å². The molecule has 28 heavy (non-hydrogen) atoms. The van der Waals surface area contributed by atoms with Gasteiger partial charge in [-0.1, -0.05) is 12.1 Å². The molecule has 2 aliphatic heterocycles. The van der Waals surface area contributed by atoms with Crippen LogP contribution in [0.3, 0.4) is 0 Å². The third-order valence-electron chi connectivity index (χ3n) is 5.67. The van der Waals surface area contributed by atoms with Crippen molar-refractivity contribution in [2.24, 2.45) is 11.8 Å². The first-order chi connectivity index (χ1) is 13.5. The van der Waals surface area contributed by atoms with Crippen LogP contribution in [0.25, 0.3) is 0 Å². The van der Waals surface area contributed by atoms with Gasteiger partial charge < -0.3 is 15.1 Å². The predicted octanol–water partition coefficient (Wildman–Crippen LogP) is 1.95. The second-order valence-corrected chi connectivity index (χ2v) is 7.35. The van der Waals surface area contributed by atoms with Crippen LogP contribution in [0.4, 0.5) is 10.3 Å². The van der Waals surface area contributed by atoms with E-state index in [4.69, 9.17) is 0 Å². The maximum Gasteiger partial charge on any atom is 0.257 e. The Bertz CT molecular complexity index is 904. The fourth-order valence-electron chi connectivity index (χ4n) is 4.40. The van der Waals surface area contributed by atoms with E-state index in [9.17, 15) is 14.0 Å². The lowest BCUT2D eigenvalue weighted by molar-refractivity contribution is -0.130. The van der Waals surface area contributed by atoms with Crippen molar-refractivity contribution < 1.29 is 14.0 Å². The third-order valence-corrected chi connectivity index (χ3v) is 5.67. The van der Waals surface area contributed by atoms with Crippen molar-refractivity contribution in [3.63, 3.8) is 0 Å². The Morgan fingerprint density at radius 3 is 2.57 bits per heavy atom. The van der Waals surface area contributed by atoms with Crippen molar-refractivity contribution in [3.8, 4) is 0 Å². The molecular formula is C20H22FN5O2. The summed E-state index contributed by atoms with van der Waals surface area (Å²) in [4.78, 5) is 36.8. The number of nitrogens with zero attached hydrogens (tertiary/aromatic N) is 4. The fourth-order valence-corrected chi connectivity index (χ4v) is 4.40. The van der Waals surface area contributed by atoms with Gasteiger partial charge in [0.1, 0.15) is 5.82 Å². The van der Waals surface area contributed by atoms with Crippen LogP contribution in [0.2, 0.25) is 0 Å². The first-order valence-corrected chi connectivity index (χ1v) is 9.29. The van der Waals surface area contributed by atoms with E-state index in [0.29, 0.717) is 31.1 Å². The maximum absolute atomic E-state index is 13.8. The lowest BCUT2D eigenvalue weighted by atomic mass is 9.89. The Balaban J connectivity index is 1.57. The van der Waals surface area contributed by atoms with Gasteiger partial charge in [-0.2, -0.15) is 0 Å². The second-order valence-electron chi connectivity index (χ2n) is 7.35. The Morgan fingerprint density at radius 2 is 1.93 bits per heavy atom. The number of nitrogens with one attached hydrogen (secondary N) is 1. The molecule has 8 heteroatoms. The monoisotopic (exact) mass is 383 g/mol. The number of hydrogen-bond acceptors (Lipinski definition) is 5. The topological polar surface area (TPSA) is 78.4 Å². The summed E-state index contributed by atoms with van der Waals surface area (Å²) in [6.07, 6.45) is 3.03. The van der Waals surface area contributed by atoms with Crippen LogP contribution >= 0.6 is 0 Å². The van der Waals surface area contributed by atoms with Gasteiger partial charge in [-0.3, -0.25) is 9.59 Å².